The number of halogens is 1. The lowest BCUT2D eigenvalue weighted by Gasteiger charge is -2.27. The molecule has 0 saturated carbocycles. The lowest BCUT2D eigenvalue weighted by atomic mass is 9.76. The van der Waals surface area contributed by atoms with Crippen molar-refractivity contribution in [1.82, 2.24) is 0 Å². The van der Waals surface area contributed by atoms with Gasteiger partial charge in [-0.05, 0) is 54.8 Å². The second-order valence-corrected chi connectivity index (χ2v) is 5.63. The number of furan rings is 1. The summed E-state index contributed by atoms with van der Waals surface area (Å²) in [5.74, 6) is -1.99. The molecule has 2 aromatic rings. The van der Waals surface area contributed by atoms with Crippen LogP contribution in [0.5, 0.6) is 0 Å². The third kappa shape index (κ3) is 3.15. The van der Waals surface area contributed by atoms with E-state index in [1.54, 1.807) is 31.2 Å². The van der Waals surface area contributed by atoms with Crippen LogP contribution in [0.2, 0.25) is 0 Å². The van der Waals surface area contributed by atoms with Gasteiger partial charge in [-0.15, -0.1) is 0 Å². The molecule has 0 aliphatic heterocycles. The number of ether oxygens (including phenoxy) is 1. The lowest BCUT2D eigenvalue weighted by molar-refractivity contribution is -0.151. The van der Waals surface area contributed by atoms with Gasteiger partial charge >= 0.3 is 5.97 Å². The molecule has 0 unspecified atom stereocenters. The van der Waals surface area contributed by atoms with E-state index in [0.29, 0.717) is 12.2 Å². The van der Waals surface area contributed by atoms with Crippen LogP contribution in [0.4, 0.5) is 4.39 Å². The van der Waals surface area contributed by atoms with E-state index >= 15 is 0 Å². The van der Waals surface area contributed by atoms with Crippen LogP contribution in [0.25, 0.3) is 5.57 Å². The van der Waals surface area contributed by atoms with Crippen molar-refractivity contribution in [3.05, 3.63) is 65.9 Å². The van der Waals surface area contributed by atoms with Gasteiger partial charge in [-0.3, -0.25) is 9.59 Å². The van der Waals surface area contributed by atoms with E-state index < -0.39 is 17.8 Å². The van der Waals surface area contributed by atoms with Crippen molar-refractivity contribution in [3.63, 3.8) is 0 Å². The van der Waals surface area contributed by atoms with E-state index in [4.69, 9.17) is 9.15 Å². The molecule has 0 amide bonds. The molecule has 1 heterocycles. The molecule has 5 heteroatoms. The van der Waals surface area contributed by atoms with Crippen LogP contribution >= 0.6 is 0 Å². The second kappa shape index (κ2) is 6.83. The fourth-order valence-electron chi connectivity index (χ4n) is 3.02. The van der Waals surface area contributed by atoms with E-state index in [0.717, 1.165) is 11.1 Å². The van der Waals surface area contributed by atoms with Crippen molar-refractivity contribution >= 4 is 17.3 Å². The fraction of sp³-hybridized carbons (Fsp3) is 0.263. The average molecular weight is 328 g/mol. The molecule has 3 rings (SSSR count). The quantitative estimate of drug-likeness (QED) is 0.634. The van der Waals surface area contributed by atoms with Gasteiger partial charge in [-0.25, -0.2) is 4.39 Å². The van der Waals surface area contributed by atoms with E-state index in [1.165, 1.54) is 24.5 Å². The Morgan fingerprint density at radius 3 is 2.67 bits per heavy atom. The second-order valence-electron chi connectivity index (χ2n) is 5.63. The summed E-state index contributed by atoms with van der Waals surface area (Å²) in [6, 6.07) is 9.41. The van der Waals surface area contributed by atoms with E-state index in [2.05, 4.69) is 0 Å². The molecule has 1 aliphatic carbocycles. The van der Waals surface area contributed by atoms with Gasteiger partial charge in [0.25, 0.3) is 0 Å². The van der Waals surface area contributed by atoms with Crippen molar-refractivity contribution in [3.8, 4) is 0 Å². The van der Waals surface area contributed by atoms with Crippen LogP contribution in [-0.4, -0.2) is 18.4 Å². The number of benzene rings is 1. The lowest BCUT2D eigenvalue weighted by Crippen LogP contribution is -2.33. The molecule has 0 radical (unpaired) electrons. The molecule has 124 valence electrons. The summed E-state index contributed by atoms with van der Waals surface area (Å²) in [5, 5.41) is 0. The van der Waals surface area contributed by atoms with Crippen LogP contribution in [0, 0.1) is 11.7 Å². The summed E-state index contributed by atoms with van der Waals surface area (Å²) in [4.78, 5) is 24.8. The van der Waals surface area contributed by atoms with E-state index in [-0.39, 0.29) is 18.2 Å². The van der Waals surface area contributed by atoms with Gasteiger partial charge in [0.15, 0.2) is 5.78 Å². The van der Waals surface area contributed by atoms with Crippen LogP contribution in [0.15, 0.2) is 53.2 Å². The van der Waals surface area contributed by atoms with E-state index in [1.807, 2.05) is 0 Å². The Morgan fingerprint density at radius 2 is 2.04 bits per heavy atom. The van der Waals surface area contributed by atoms with Crippen LogP contribution in [0.3, 0.4) is 0 Å². The molecule has 1 aromatic carbocycles. The maximum atomic E-state index is 13.1. The zero-order chi connectivity index (χ0) is 17.1. The molecule has 0 bridgehead atoms. The monoisotopic (exact) mass is 328 g/mol. The third-order valence-electron chi connectivity index (χ3n) is 4.13. The first-order valence-corrected chi connectivity index (χ1v) is 7.80. The minimum Gasteiger partial charge on any atom is -0.469 e. The molecule has 24 heavy (non-hydrogen) atoms. The van der Waals surface area contributed by atoms with Crippen molar-refractivity contribution in [2.45, 2.75) is 19.3 Å². The SMILES string of the molecule is CCOC(=O)[C@H]1C(=O)C=C(c2ccc(F)cc2)C[C@H]1c1ccco1. The molecule has 4 nitrogen and oxygen atoms in total. The Hall–Kier alpha value is -2.69. The van der Waals surface area contributed by atoms with Crippen LogP contribution in [-0.2, 0) is 14.3 Å². The van der Waals surface area contributed by atoms with Gasteiger partial charge in [0, 0.05) is 5.92 Å². The first kappa shape index (κ1) is 16.2. The normalized spacial score (nSPS) is 20.6. The van der Waals surface area contributed by atoms with Crippen LogP contribution in [0.1, 0.15) is 30.6 Å². The molecular weight excluding hydrogens is 311 g/mol. The van der Waals surface area contributed by atoms with Crippen LogP contribution < -0.4 is 0 Å². The van der Waals surface area contributed by atoms with Gasteiger partial charge in [0.05, 0.1) is 12.9 Å². The Bertz CT molecular complexity index is 759. The number of esters is 1. The van der Waals surface area contributed by atoms with Gasteiger partial charge in [0.1, 0.15) is 17.5 Å². The maximum Gasteiger partial charge on any atom is 0.317 e. The number of hydrogen-bond acceptors (Lipinski definition) is 4. The van der Waals surface area contributed by atoms with Crippen molar-refractivity contribution < 1.29 is 23.1 Å². The average Bonchev–Trinajstić information content (AvgIpc) is 3.09. The smallest absolute Gasteiger partial charge is 0.317 e. The van der Waals surface area contributed by atoms with E-state index in [9.17, 15) is 14.0 Å². The fourth-order valence-corrected chi connectivity index (χ4v) is 3.02. The summed E-state index contributed by atoms with van der Waals surface area (Å²) in [6.45, 7) is 1.91. The first-order chi connectivity index (χ1) is 11.6. The Labute approximate surface area is 138 Å². The highest BCUT2D eigenvalue weighted by atomic mass is 19.1. The number of allylic oxidation sites excluding steroid dienone is 2. The highest BCUT2D eigenvalue weighted by Gasteiger charge is 2.41. The molecular formula is C19H17FO4. The predicted molar refractivity (Wildman–Crippen MR) is 85.6 cm³/mol. The summed E-state index contributed by atoms with van der Waals surface area (Å²) in [7, 11) is 0. The van der Waals surface area contributed by atoms with Gasteiger partial charge in [-0.2, -0.15) is 0 Å². The molecule has 0 N–H and O–H groups in total. The number of carbonyl (C=O) groups excluding carboxylic acids is 2. The summed E-state index contributed by atoms with van der Waals surface area (Å²) in [6.07, 6.45) is 3.40. The molecule has 0 fully saturated rings. The zero-order valence-electron chi connectivity index (χ0n) is 13.2. The standard InChI is InChI=1S/C19H17FO4/c1-2-23-19(22)18-15(17-4-3-9-24-17)10-13(11-16(18)21)12-5-7-14(20)8-6-12/h3-9,11,15,18H,2,10H2,1H3/t15-,18+/m0/s1. The number of ketones is 1. The third-order valence-corrected chi connectivity index (χ3v) is 4.13. The van der Waals surface area contributed by atoms with Gasteiger partial charge < -0.3 is 9.15 Å². The highest BCUT2D eigenvalue weighted by Crippen LogP contribution is 2.40. The molecule has 0 saturated heterocycles. The minimum absolute atomic E-state index is 0.210. The Morgan fingerprint density at radius 1 is 1.29 bits per heavy atom. The molecule has 2 atom stereocenters. The zero-order valence-corrected chi connectivity index (χ0v) is 13.2. The van der Waals surface area contributed by atoms with Crippen molar-refractivity contribution in [1.29, 1.82) is 0 Å². The molecule has 1 aromatic heterocycles. The summed E-state index contributed by atoms with van der Waals surface area (Å²) >= 11 is 0. The highest BCUT2D eigenvalue weighted by molar-refractivity contribution is 6.10. The topological polar surface area (TPSA) is 56.5 Å². The van der Waals surface area contributed by atoms with Gasteiger partial charge in [-0.1, -0.05) is 12.1 Å². The summed E-state index contributed by atoms with van der Waals surface area (Å²) in [5.41, 5.74) is 1.51. The number of rotatable bonds is 4. The first-order valence-electron chi connectivity index (χ1n) is 7.80. The van der Waals surface area contributed by atoms with Crippen molar-refractivity contribution in [2.24, 2.45) is 5.92 Å². The summed E-state index contributed by atoms with van der Waals surface area (Å²) < 4.78 is 23.6. The molecule has 0 spiro atoms. The predicted octanol–water partition coefficient (Wildman–Crippen LogP) is 3.74. The minimum atomic E-state index is -0.916. The number of hydrogen-bond donors (Lipinski definition) is 0. The van der Waals surface area contributed by atoms with Gasteiger partial charge in [0.2, 0.25) is 0 Å². The largest absolute Gasteiger partial charge is 0.469 e. The number of carbonyl (C=O) groups is 2. The Balaban J connectivity index is 1.98. The molecule has 1 aliphatic rings. The maximum absolute atomic E-state index is 13.1. The Kier molecular flexibility index (Phi) is 4.60. The van der Waals surface area contributed by atoms with Crippen molar-refractivity contribution in [2.75, 3.05) is 6.61 Å².